The molecular formula is C15H15BrN2O3. The molecule has 0 saturated carbocycles. The van der Waals surface area contributed by atoms with Crippen molar-refractivity contribution < 1.29 is 9.66 Å². The molecule has 1 N–H and O–H groups in total. The zero-order valence-electron chi connectivity index (χ0n) is 11.7. The van der Waals surface area contributed by atoms with Gasteiger partial charge in [-0.1, -0.05) is 34.1 Å². The molecule has 0 aliphatic rings. The molecule has 5 nitrogen and oxygen atoms in total. The molecule has 0 amide bonds. The highest BCUT2D eigenvalue weighted by Crippen LogP contribution is 2.33. The zero-order valence-corrected chi connectivity index (χ0v) is 13.3. The van der Waals surface area contributed by atoms with Gasteiger partial charge in [0.1, 0.15) is 5.75 Å². The molecule has 0 fully saturated rings. The average molecular weight is 351 g/mol. The first-order chi connectivity index (χ1) is 10.0. The molecule has 0 heterocycles. The van der Waals surface area contributed by atoms with E-state index in [9.17, 15) is 10.1 Å². The zero-order chi connectivity index (χ0) is 15.4. The van der Waals surface area contributed by atoms with Crippen molar-refractivity contribution in [2.75, 3.05) is 12.4 Å². The standard InChI is InChI=1S/C15H15BrN2O3/c1-10(12-5-3-4-6-14(12)18(19)20)17-13-9-11(16)7-8-15(13)21-2/h3-10,17H,1-2H3. The normalized spacial score (nSPS) is 11.8. The van der Waals surface area contributed by atoms with Crippen LogP contribution in [0.4, 0.5) is 11.4 Å². The minimum absolute atomic E-state index is 0.103. The van der Waals surface area contributed by atoms with E-state index in [-0.39, 0.29) is 16.7 Å². The Labute approximate surface area is 131 Å². The number of benzene rings is 2. The number of ether oxygens (including phenoxy) is 1. The van der Waals surface area contributed by atoms with E-state index in [0.717, 1.165) is 10.2 Å². The van der Waals surface area contributed by atoms with Gasteiger partial charge in [0, 0.05) is 10.5 Å². The number of nitro benzene ring substituents is 1. The van der Waals surface area contributed by atoms with Crippen molar-refractivity contribution in [2.45, 2.75) is 13.0 Å². The fraction of sp³-hybridized carbons (Fsp3) is 0.200. The Kier molecular flexibility index (Phi) is 4.80. The number of hydrogen-bond acceptors (Lipinski definition) is 4. The highest BCUT2D eigenvalue weighted by molar-refractivity contribution is 9.10. The Bertz CT molecular complexity index is 661. The van der Waals surface area contributed by atoms with Gasteiger partial charge >= 0.3 is 0 Å². The first-order valence-corrected chi connectivity index (χ1v) is 7.15. The quantitative estimate of drug-likeness (QED) is 0.635. The summed E-state index contributed by atoms with van der Waals surface area (Å²) in [7, 11) is 1.59. The van der Waals surface area contributed by atoms with Crippen molar-refractivity contribution in [3.05, 3.63) is 62.6 Å². The number of nitrogens with one attached hydrogen (secondary N) is 1. The second kappa shape index (κ2) is 6.58. The molecule has 2 aromatic rings. The first kappa shape index (κ1) is 15.3. The van der Waals surface area contributed by atoms with E-state index >= 15 is 0 Å². The van der Waals surface area contributed by atoms with Gasteiger partial charge in [-0.25, -0.2) is 0 Å². The lowest BCUT2D eigenvalue weighted by Gasteiger charge is -2.18. The second-order valence-corrected chi connectivity index (χ2v) is 5.44. The fourth-order valence-electron chi connectivity index (χ4n) is 2.12. The molecule has 0 aromatic heterocycles. The van der Waals surface area contributed by atoms with Gasteiger partial charge in [0.05, 0.1) is 29.3 Å². The third-order valence-electron chi connectivity index (χ3n) is 3.13. The number of rotatable bonds is 5. The average Bonchev–Trinajstić information content (AvgIpc) is 2.47. The van der Waals surface area contributed by atoms with Crippen LogP contribution >= 0.6 is 15.9 Å². The van der Waals surface area contributed by atoms with Crippen molar-refractivity contribution in [1.82, 2.24) is 0 Å². The molecule has 6 heteroatoms. The van der Waals surface area contributed by atoms with Gasteiger partial charge in [-0.15, -0.1) is 0 Å². The van der Waals surface area contributed by atoms with E-state index in [4.69, 9.17) is 4.74 Å². The molecule has 110 valence electrons. The summed E-state index contributed by atoms with van der Waals surface area (Å²) >= 11 is 3.41. The van der Waals surface area contributed by atoms with Crippen LogP contribution in [0.15, 0.2) is 46.9 Å². The van der Waals surface area contributed by atoms with Crippen LogP contribution in [0.3, 0.4) is 0 Å². The van der Waals surface area contributed by atoms with Crippen molar-refractivity contribution in [2.24, 2.45) is 0 Å². The minimum Gasteiger partial charge on any atom is -0.495 e. The van der Waals surface area contributed by atoms with Gasteiger partial charge in [-0.2, -0.15) is 0 Å². The molecule has 1 unspecified atom stereocenters. The second-order valence-electron chi connectivity index (χ2n) is 4.53. The molecule has 0 spiro atoms. The van der Waals surface area contributed by atoms with Crippen LogP contribution in [-0.4, -0.2) is 12.0 Å². The van der Waals surface area contributed by atoms with Crippen LogP contribution in [0.5, 0.6) is 5.75 Å². The first-order valence-electron chi connectivity index (χ1n) is 6.36. The molecule has 0 aliphatic heterocycles. The van der Waals surface area contributed by atoms with Gasteiger partial charge in [0.25, 0.3) is 5.69 Å². The van der Waals surface area contributed by atoms with E-state index in [1.165, 1.54) is 6.07 Å². The Morgan fingerprint density at radius 1 is 1.29 bits per heavy atom. The minimum atomic E-state index is -0.369. The van der Waals surface area contributed by atoms with Crippen LogP contribution in [-0.2, 0) is 0 Å². The summed E-state index contributed by atoms with van der Waals surface area (Å²) in [6.07, 6.45) is 0. The maximum atomic E-state index is 11.1. The summed E-state index contributed by atoms with van der Waals surface area (Å²) in [6.45, 7) is 1.88. The lowest BCUT2D eigenvalue weighted by molar-refractivity contribution is -0.385. The number of nitro groups is 1. The molecular weight excluding hydrogens is 336 g/mol. The molecule has 1 atom stereocenters. The molecule has 0 aliphatic carbocycles. The van der Waals surface area contributed by atoms with E-state index in [1.54, 1.807) is 25.3 Å². The van der Waals surface area contributed by atoms with Gasteiger partial charge in [0.2, 0.25) is 0 Å². The number of hydrogen-bond donors (Lipinski definition) is 1. The van der Waals surface area contributed by atoms with Gasteiger partial charge in [-0.3, -0.25) is 10.1 Å². The molecule has 2 rings (SSSR count). The number of halogens is 1. The maximum Gasteiger partial charge on any atom is 0.274 e. The third kappa shape index (κ3) is 3.52. The third-order valence-corrected chi connectivity index (χ3v) is 3.63. The predicted octanol–water partition coefficient (Wildman–Crippen LogP) is 4.54. The summed E-state index contributed by atoms with van der Waals surface area (Å²) in [5.74, 6) is 0.684. The Morgan fingerprint density at radius 2 is 2.00 bits per heavy atom. The fourth-order valence-corrected chi connectivity index (χ4v) is 2.49. The number of para-hydroxylation sites is 1. The Morgan fingerprint density at radius 3 is 2.67 bits per heavy atom. The topological polar surface area (TPSA) is 64.4 Å². The summed E-state index contributed by atoms with van der Waals surface area (Å²) in [5, 5.41) is 14.4. The van der Waals surface area contributed by atoms with Crippen molar-refractivity contribution in [3.8, 4) is 5.75 Å². The molecule has 0 bridgehead atoms. The molecule has 0 saturated heterocycles. The summed E-state index contributed by atoms with van der Waals surface area (Å²) < 4.78 is 6.20. The highest BCUT2D eigenvalue weighted by Gasteiger charge is 2.19. The summed E-state index contributed by atoms with van der Waals surface area (Å²) in [5.41, 5.74) is 1.51. The smallest absolute Gasteiger partial charge is 0.274 e. The van der Waals surface area contributed by atoms with Crippen LogP contribution in [0.2, 0.25) is 0 Å². The van der Waals surface area contributed by atoms with Gasteiger partial charge < -0.3 is 10.1 Å². The van der Waals surface area contributed by atoms with Crippen molar-refractivity contribution >= 4 is 27.3 Å². The number of nitrogens with zero attached hydrogens (tertiary/aromatic N) is 1. The summed E-state index contributed by atoms with van der Waals surface area (Å²) in [4.78, 5) is 10.7. The molecule has 0 radical (unpaired) electrons. The number of methoxy groups -OCH3 is 1. The largest absolute Gasteiger partial charge is 0.495 e. The van der Waals surface area contributed by atoms with E-state index in [1.807, 2.05) is 25.1 Å². The predicted molar refractivity (Wildman–Crippen MR) is 85.8 cm³/mol. The van der Waals surface area contributed by atoms with E-state index < -0.39 is 0 Å². The lowest BCUT2D eigenvalue weighted by atomic mass is 10.1. The van der Waals surface area contributed by atoms with Gasteiger partial charge in [-0.05, 0) is 25.1 Å². The van der Waals surface area contributed by atoms with Crippen LogP contribution in [0.25, 0.3) is 0 Å². The Balaban J connectivity index is 2.32. The maximum absolute atomic E-state index is 11.1. The van der Waals surface area contributed by atoms with E-state index in [0.29, 0.717) is 11.3 Å². The van der Waals surface area contributed by atoms with E-state index in [2.05, 4.69) is 21.2 Å². The SMILES string of the molecule is COc1ccc(Br)cc1NC(C)c1ccccc1[N+](=O)[O-]. The highest BCUT2D eigenvalue weighted by atomic mass is 79.9. The van der Waals surface area contributed by atoms with Crippen LogP contribution in [0.1, 0.15) is 18.5 Å². The van der Waals surface area contributed by atoms with Gasteiger partial charge in [0.15, 0.2) is 0 Å². The molecule has 2 aromatic carbocycles. The van der Waals surface area contributed by atoms with Crippen LogP contribution in [0, 0.1) is 10.1 Å². The molecule has 21 heavy (non-hydrogen) atoms. The monoisotopic (exact) mass is 350 g/mol. The lowest BCUT2D eigenvalue weighted by Crippen LogP contribution is -2.09. The number of anilines is 1. The van der Waals surface area contributed by atoms with Crippen LogP contribution < -0.4 is 10.1 Å². The van der Waals surface area contributed by atoms with Crippen molar-refractivity contribution in [1.29, 1.82) is 0 Å². The summed E-state index contributed by atoms with van der Waals surface area (Å²) in [6, 6.07) is 12.1. The Hall–Kier alpha value is -2.08. The van der Waals surface area contributed by atoms with Crippen molar-refractivity contribution in [3.63, 3.8) is 0 Å².